The average molecular weight is 181 g/mol. The van der Waals surface area contributed by atoms with Gasteiger partial charge < -0.3 is 5.32 Å². The highest BCUT2D eigenvalue weighted by molar-refractivity contribution is 5.48. The molecule has 1 spiro atoms. The molecule has 0 aliphatic heterocycles. The predicted octanol–water partition coefficient (Wildman–Crippen LogP) is 2.09. The predicted molar refractivity (Wildman–Crippen MR) is 52.3 cm³/mol. The smallest absolute Gasteiger partial charge is 0.207 e. The molecule has 0 aromatic rings. The maximum absolute atomic E-state index is 10.4. The lowest BCUT2D eigenvalue weighted by atomic mass is 9.48. The molecule has 1 amide bonds. The van der Waals surface area contributed by atoms with E-state index in [0.29, 0.717) is 11.3 Å². The van der Waals surface area contributed by atoms with Crippen LogP contribution in [-0.4, -0.2) is 11.9 Å². The number of nitrogens with one attached hydrogen (secondary N) is 1. The summed E-state index contributed by atoms with van der Waals surface area (Å²) in [6.07, 6.45) is 7.79. The molecule has 13 heavy (non-hydrogen) atoms. The molecule has 0 heterocycles. The van der Waals surface area contributed by atoms with Crippen molar-refractivity contribution in [1.29, 1.82) is 0 Å². The van der Waals surface area contributed by atoms with Crippen LogP contribution in [0, 0.1) is 11.3 Å². The molecule has 74 valence electrons. The van der Waals surface area contributed by atoms with Gasteiger partial charge in [0.2, 0.25) is 6.41 Å². The van der Waals surface area contributed by atoms with Crippen molar-refractivity contribution in [3.05, 3.63) is 0 Å². The van der Waals surface area contributed by atoms with Gasteiger partial charge in [0.15, 0.2) is 0 Å². The van der Waals surface area contributed by atoms with Crippen LogP contribution in [0.3, 0.4) is 0 Å². The van der Waals surface area contributed by atoms with E-state index in [1.807, 2.05) is 0 Å². The van der Waals surface area contributed by atoms with Crippen LogP contribution < -0.4 is 5.32 Å². The number of hydrogen-bond donors (Lipinski definition) is 1. The Morgan fingerprint density at radius 2 is 2.00 bits per heavy atom. The molecular formula is C11H19NO. The van der Waals surface area contributed by atoms with Gasteiger partial charge in [0.05, 0.1) is 0 Å². The van der Waals surface area contributed by atoms with Crippen molar-refractivity contribution in [3.8, 4) is 0 Å². The first-order chi connectivity index (χ1) is 6.08. The molecule has 2 fully saturated rings. The molecule has 0 aromatic heterocycles. The summed E-state index contributed by atoms with van der Waals surface area (Å²) in [6.45, 7) is 4.27. The van der Waals surface area contributed by atoms with Gasteiger partial charge in [-0.15, -0.1) is 0 Å². The summed E-state index contributed by atoms with van der Waals surface area (Å²) < 4.78 is 0. The van der Waals surface area contributed by atoms with Gasteiger partial charge in [-0.3, -0.25) is 4.79 Å². The Kier molecular flexibility index (Phi) is 1.90. The summed E-state index contributed by atoms with van der Waals surface area (Å²) in [7, 11) is 0. The van der Waals surface area contributed by atoms with E-state index in [0.717, 1.165) is 6.41 Å². The van der Waals surface area contributed by atoms with Crippen LogP contribution in [0.5, 0.6) is 0 Å². The maximum Gasteiger partial charge on any atom is 0.207 e. The van der Waals surface area contributed by atoms with E-state index in [-0.39, 0.29) is 5.54 Å². The van der Waals surface area contributed by atoms with Crippen LogP contribution in [0.4, 0.5) is 0 Å². The van der Waals surface area contributed by atoms with Gasteiger partial charge in [-0.2, -0.15) is 0 Å². The van der Waals surface area contributed by atoms with Gasteiger partial charge in [-0.25, -0.2) is 0 Å². The van der Waals surface area contributed by atoms with Crippen LogP contribution in [0.2, 0.25) is 0 Å². The second-order valence-corrected chi connectivity index (χ2v) is 5.44. The fourth-order valence-corrected chi connectivity index (χ4v) is 2.85. The molecule has 2 rings (SSSR count). The molecule has 0 bridgehead atoms. The number of carbonyl (C=O) groups excluding carboxylic acids is 1. The fraction of sp³-hybridized carbons (Fsp3) is 0.909. The molecule has 2 aliphatic carbocycles. The molecule has 0 radical (unpaired) electrons. The minimum Gasteiger partial charge on any atom is -0.354 e. The summed E-state index contributed by atoms with van der Waals surface area (Å²) in [5.41, 5.74) is 0.731. The zero-order chi connectivity index (χ0) is 9.53. The summed E-state index contributed by atoms with van der Waals surface area (Å²) in [5.74, 6) is 0.706. The van der Waals surface area contributed by atoms with Crippen molar-refractivity contribution in [1.82, 2.24) is 5.32 Å². The van der Waals surface area contributed by atoms with Crippen molar-refractivity contribution in [2.45, 2.75) is 51.5 Å². The van der Waals surface area contributed by atoms with Crippen molar-refractivity contribution >= 4 is 6.41 Å². The first-order valence-electron chi connectivity index (χ1n) is 5.29. The molecule has 0 atom stereocenters. The van der Waals surface area contributed by atoms with Crippen molar-refractivity contribution in [3.63, 3.8) is 0 Å². The second-order valence-electron chi connectivity index (χ2n) is 5.44. The van der Waals surface area contributed by atoms with E-state index < -0.39 is 0 Å². The highest BCUT2D eigenvalue weighted by Gasteiger charge is 2.52. The van der Waals surface area contributed by atoms with E-state index in [1.54, 1.807) is 0 Å². The lowest BCUT2D eigenvalue weighted by molar-refractivity contribution is -0.114. The Balaban J connectivity index is 1.87. The van der Waals surface area contributed by atoms with Crippen LogP contribution >= 0.6 is 0 Å². The quantitative estimate of drug-likeness (QED) is 0.664. The molecule has 1 N–H and O–H groups in total. The number of hydrogen-bond acceptors (Lipinski definition) is 1. The largest absolute Gasteiger partial charge is 0.354 e. The van der Waals surface area contributed by atoms with Crippen molar-refractivity contribution < 1.29 is 4.79 Å². The van der Waals surface area contributed by atoms with E-state index in [4.69, 9.17) is 0 Å². The highest BCUT2D eigenvalue weighted by Crippen LogP contribution is 2.60. The third-order valence-electron chi connectivity index (χ3n) is 4.22. The summed E-state index contributed by atoms with van der Waals surface area (Å²) >= 11 is 0. The van der Waals surface area contributed by atoms with Crippen molar-refractivity contribution in [2.24, 2.45) is 11.3 Å². The Morgan fingerprint density at radius 3 is 2.38 bits per heavy atom. The molecule has 0 unspecified atom stereocenters. The lowest BCUT2D eigenvalue weighted by Gasteiger charge is -2.58. The van der Waals surface area contributed by atoms with Crippen LogP contribution in [0.1, 0.15) is 46.0 Å². The standard InChI is InChI=1S/C11H19NO/c1-10(2,12-8-13)9-6-11(7-9)4-3-5-11/h8-9H,3-7H2,1-2H3,(H,12,13). The molecule has 0 aromatic carbocycles. The Morgan fingerprint density at radius 1 is 1.38 bits per heavy atom. The van der Waals surface area contributed by atoms with Crippen LogP contribution in [0.25, 0.3) is 0 Å². The van der Waals surface area contributed by atoms with Gasteiger partial charge in [0.25, 0.3) is 0 Å². The molecule has 2 nitrogen and oxygen atoms in total. The normalized spacial score (nSPS) is 26.3. The van der Waals surface area contributed by atoms with Gasteiger partial charge in [0, 0.05) is 5.54 Å². The minimum atomic E-state index is 0.0165. The SMILES string of the molecule is CC(C)(NC=O)C1CC2(CCC2)C1. The van der Waals surface area contributed by atoms with Gasteiger partial charge in [-0.05, 0) is 50.9 Å². The fourth-order valence-electron chi connectivity index (χ4n) is 2.85. The molecule has 2 heteroatoms. The maximum atomic E-state index is 10.4. The number of amides is 1. The molecule has 2 aliphatic rings. The second kappa shape index (κ2) is 2.73. The van der Waals surface area contributed by atoms with E-state index >= 15 is 0 Å². The third kappa shape index (κ3) is 1.36. The highest BCUT2D eigenvalue weighted by atomic mass is 16.1. The lowest BCUT2D eigenvalue weighted by Crippen LogP contribution is -2.56. The monoisotopic (exact) mass is 181 g/mol. The van der Waals surface area contributed by atoms with E-state index in [9.17, 15) is 4.79 Å². The Bertz CT molecular complexity index is 210. The molecule has 0 saturated heterocycles. The zero-order valence-electron chi connectivity index (χ0n) is 8.60. The first kappa shape index (κ1) is 9.04. The summed E-state index contributed by atoms with van der Waals surface area (Å²) in [4.78, 5) is 10.4. The minimum absolute atomic E-state index is 0.0165. The van der Waals surface area contributed by atoms with Crippen LogP contribution in [-0.2, 0) is 4.79 Å². The zero-order valence-corrected chi connectivity index (χ0v) is 8.60. The van der Waals surface area contributed by atoms with Gasteiger partial charge >= 0.3 is 0 Å². The number of rotatable bonds is 3. The number of carbonyl (C=O) groups is 1. The average Bonchev–Trinajstić information content (AvgIpc) is 1.78. The van der Waals surface area contributed by atoms with Crippen LogP contribution in [0.15, 0.2) is 0 Å². The third-order valence-corrected chi connectivity index (χ3v) is 4.22. The van der Waals surface area contributed by atoms with E-state index in [2.05, 4.69) is 19.2 Å². The van der Waals surface area contributed by atoms with Crippen molar-refractivity contribution in [2.75, 3.05) is 0 Å². The topological polar surface area (TPSA) is 29.1 Å². The Hall–Kier alpha value is -0.530. The van der Waals surface area contributed by atoms with Gasteiger partial charge in [-0.1, -0.05) is 6.42 Å². The first-order valence-corrected chi connectivity index (χ1v) is 5.29. The Labute approximate surface area is 80.1 Å². The summed E-state index contributed by atoms with van der Waals surface area (Å²) in [6, 6.07) is 0. The van der Waals surface area contributed by atoms with E-state index in [1.165, 1.54) is 32.1 Å². The summed E-state index contributed by atoms with van der Waals surface area (Å²) in [5, 5.41) is 2.93. The van der Waals surface area contributed by atoms with Gasteiger partial charge in [0.1, 0.15) is 0 Å². The molecule has 2 saturated carbocycles. The molecular weight excluding hydrogens is 162 g/mol.